The summed E-state index contributed by atoms with van der Waals surface area (Å²) < 4.78 is 5.79. The maximum absolute atomic E-state index is 5.79. The smallest absolute Gasteiger partial charge is 0.119 e. The Bertz CT molecular complexity index is 469. The molecule has 0 heterocycles. The van der Waals surface area contributed by atoms with Crippen molar-refractivity contribution in [3.8, 4) is 5.75 Å². The molecule has 2 rings (SSSR count). The second-order valence-electron chi connectivity index (χ2n) is 5.06. The third kappa shape index (κ3) is 5.06. The predicted molar refractivity (Wildman–Crippen MR) is 84.1 cm³/mol. The van der Waals surface area contributed by atoms with E-state index in [4.69, 9.17) is 4.74 Å². The zero-order valence-electron chi connectivity index (χ0n) is 12.1. The van der Waals surface area contributed by atoms with E-state index in [-0.39, 0.29) is 0 Å². The molecular formula is C18H23NO. The van der Waals surface area contributed by atoms with Crippen molar-refractivity contribution in [1.82, 2.24) is 5.32 Å². The number of para-hydroxylation sites is 1. The topological polar surface area (TPSA) is 21.3 Å². The molecule has 0 aromatic heterocycles. The van der Waals surface area contributed by atoms with Crippen molar-refractivity contribution in [1.29, 1.82) is 0 Å². The van der Waals surface area contributed by atoms with E-state index in [0.29, 0.717) is 5.92 Å². The molecule has 0 saturated carbocycles. The molecule has 106 valence electrons. The van der Waals surface area contributed by atoms with E-state index < -0.39 is 0 Å². The van der Waals surface area contributed by atoms with Gasteiger partial charge in [0.25, 0.3) is 0 Å². The lowest BCUT2D eigenvalue weighted by atomic mass is 9.96. The molecule has 2 heteroatoms. The van der Waals surface area contributed by atoms with Gasteiger partial charge in [0.2, 0.25) is 0 Å². The van der Waals surface area contributed by atoms with E-state index in [1.165, 1.54) is 5.56 Å². The fraction of sp³-hybridized carbons (Fsp3) is 0.333. The Kier molecular flexibility index (Phi) is 6.12. The van der Waals surface area contributed by atoms with Crippen LogP contribution in [-0.2, 0) is 6.42 Å². The van der Waals surface area contributed by atoms with Crippen LogP contribution in [0.3, 0.4) is 0 Å². The van der Waals surface area contributed by atoms with E-state index in [1.807, 2.05) is 37.4 Å². The van der Waals surface area contributed by atoms with Crippen LogP contribution in [0.4, 0.5) is 0 Å². The van der Waals surface area contributed by atoms with Crippen LogP contribution in [0.25, 0.3) is 0 Å². The van der Waals surface area contributed by atoms with Gasteiger partial charge in [-0.25, -0.2) is 0 Å². The average Bonchev–Trinajstić information content (AvgIpc) is 2.49. The minimum Gasteiger partial charge on any atom is -0.494 e. The van der Waals surface area contributed by atoms with E-state index in [0.717, 1.165) is 31.7 Å². The molecule has 2 nitrogen and oxygen atoms in total. The first-order valence-corrected chi connectivity index (χ1v) is 7.25. The zero-order valence-corrected chi connectivity index (χ0v) is 12.1. The summed E-state index contributed by atoms with van der Waals surface area (Å²) in [6, 6.07) is 20.7. The Balaban J connectivity index is 1.80. The van der Waals surface area contributed by atoms with Crippen LogP contribution in [0, 0.1) is 5.92 Å². The van der Waals surface area contributed by atoms with Gasteiger partial charge in [0.15, 0.2) is 0 Å². The van der Waals surface area contributed by atoms with Crippen LogP contribution in [0.15, 0.2) is 60.7 Å². The minimum atomic E-state index is 0.603. The van der Waals surface area contributed by atoms with Crippen LogP contribution < -0.4 is 10.1 Å². The molecule has 20 heavy (non-hydrogen) atoms. The quantitative estimate of drug-likeness (QED) is 0.791. The number of ether oxygens (including phenoxy) is 1. The SMILES string of the molecule is CNCC(CCOc1ccccc1)Cc1ccccc1. The average molecular weight is 269 g/mol. The first kappa shape index (κ1) is 14.6. The minimum absolute atomic E-state index is 0.603. The van der Waals surface area contributed by atoms with Gasteiger partial charge in [0, 0.05) is 0 Å². The molecule has 0 saturated heterocycles. The molecule has 1 atom stereocenters. The van der Waals surface area contributed by atoms with Crippen LogP contribution in [0.1, 0.15) is 12.0 Å². The van der Waals surface area contributed by atoms with Crippen molar-refractivity contribution in [3.05, 3.63) is 66.2 Å². The largest absolute Gasteiger partial charge is 0.494 e. The lowest BCUT2D eigenvalue weighted by molar-refractivity contribution is 0.275. The summed E-state index contributed by atoms with van der Waals surface area (Å²) in [7, 11) is 2.01. The summed E-state index contributed by atoms with van der Waals surface area (Å²) in [5.41, 5.74) is 1.40. The van der Waals surface area contributed by atoms with Gasteiger partial charge in [-0.3, -0.25) is 0 Å². The van der Waals surface area contributed by atoms with Gasteiger partial charge < -0.3 is 10.1 Å². The van der Waals surface area contributed by atoms with Gasteiger partial charge in [-0.15, -0.1) is 0 Å². The van der Waals surface area contributed by atoms with E-state index >= 15 is 0 Å². The van der Waals surface area contributed by atoms with Crippen molar-refractivity contribution in [2.45, 2.75) is 12.8 Å². The molecule has 0 radical (unpaired) electrons. The number of rotatable bonds is 8. The molecular weight excluding hydrogens is 246 g/mol. The van der Waals surface area contributed by atoms with Gasteiger partial charge >= 0.3 is 0 Å². The number of nitrogens with one attached hydrogen (secondary N) is 1. The van der Waals surface area contributed by atoms with E-state index in [1.54, 1.807) is 0 Å². The van der Waals surface area contributed by atoms with Crippen LogP contribution in [0.2, 0.25) is 0 Å². The monoisotopic (exact) mass is 269 g/mol. The summed E-state index contributed by atoms with van der Waals surface area (Å²) in [4.78, 5) is 0. The third-order valence-electron chi connectivity index (χ3n) is 3.40. The summed E-state index contributed by atoms with van der Waals surface area (Å²) >= 11 is 0. The normalized spacial score (nSPS) is 12.1. The van der Waals surface area contributed by atoms with Gasteiger partial charge in [-0.05, 0) is 50.0 Å². The van der Waals surface area contributed by atoms with Gasteiger partial charge in [-0.1, -0.05) is 48.5 Å². The maximum atomic E-state index is 5.79. The fourth-order valence-electron chi connectivity index (χ4n) is 2.37. The maximum Gasteiger partial charge on any atom is 0.119 e. The van der Waals surface area contributed by atoms with Crippen molar-refractivity contribution in [2.75, 3.05) is 20.2 Å². The van der Waals surface area contributed by atoms with E-state index in [9.17, 15) is 0 Å². The number of hydrogen-bond donors (Lipinski definition) is 1. The lowest BCUT2D eigenvalue weighted by Gasteiger charge is -2.17. The Morgan fingerprint density at radius 3 is 2.25 bits per heavy atom. The molecule has 0 aliphatic heterocycles. The Morgan fingerprint density at radius 1 is 0.950 bits per heavy atom. The Hall–Kier alpha value is -1.80. The summed E-state index contributed by atoms with van der Waals surface area (Å²) in [5.74, 6) is 1.56. The Labute approximate surface area is 121 Å². The fourth-order valence-corrected chi connectivity index (χ4v) is 2.37. The molecule has 2 aromatic rings. The first-order chi connectivity index (χ1) is 9.88. The van der Waals surface area contributed by atoms with Crippen LogP contribution >= 0.6 is 0 Å². The molecule has 0 fully saturated rings. The second-order valence-corrected chi connectivity index (χ2v) is 5.06. The molecule has 0 amide bonds. The first-order valence-electron chi connectivity index (χ1n) is 7.25. The number of benzene rings is 2. The summed E-state index contributed by atoms with van der Waals surface area (Å²) in [5, 5.41) is 3.28. The predicted octanol–water partition coefficient (Wildman–Crippen LogP) is 3.53. The van der Waals surface area contributed by atoms with E-state index in [2.05, 4.69) is 35.6 Å². The van der Waals surface area contributed by atoms with Gasteiger partial charge in [0.1, 0.15) is 5.75 Å². The standard InChI is InChI=1S/C18H23NO/c1-19-15-17(14-16-8-4-2-5-9-16)12-13-20-18-10-6-3-7-11-18/h2-11,17,19H,12-15H2,1H3. The van der Waals surface area contributed by atoms with Gasteiger partial charge in [-0.2, -0.15) is 0 Å². The molecule has 0 aliphatic rings. The molecule has 0 bridgehead atoms. The van der Waals surface area contributed by atoms with Crippen molar-refractivity contribution in [2.24, 2.45) is 5.92 Å². The van der Waals surface area contributed by atoms with Crippen molar-refractivity contribution in [3.63, 3.8) is 0 Å². The van der Waals surface area contributed by atoms with Crippen LogP contribution in [-0.4, -0.2) is 20.2 Å². The number of hydrogen-bond acceptors (Lipinski definition) is 2. The summed E-state index contributed by atoms with van der Waals surface area (Å²) in [6.07, 6.45) is 2.16. The second kappa shape index (κ2) is 8.39. The molecule has 2 aromatic carbocycles. The lowest BCUT2D eigenvalue weighted by Crippen LogP contribution is -2.22. The van der Waals surface area contributed by atoms with Crippen molar-refractivity contribution < 1.29 is 4.74 Å². The Morgan fingerprint density at radius 2 is 1.60 bits per heavy atom. The molecule has 0 aliphatic carbocycles. The highest BCUT2D eigenvalue weighted by Crippen LogP contribution is 2.14. The molecule has 1 unspecified atom stereocenters. The third-order valence-corrected chi connectivity index (χ3v) is 3.40. The van der Waals surface area contributed by atoms with Crippen molar-refractivity contribution >= 4 is 0 Å². The highest BCUT2D eigenvalue weighted by Gasteiger charge is 2.09. The summed E-state index contributed by atoms with van der Waals surface area (Å²) in [6.45, 7) is 1.79. The zero-order chi connectivity index (χ0) is 14.0. The molecule has 0 spiro atoms. The highest BCUT2D eigenvalue weighted by atomic mass is 16.5. The highest BCUT2D eigenvalue weighted by molar-refractivity contribution is 5.20. The van der Waals surface area contributed by atoms with Gasteiger partial charge in [0.05, 0.1) is 6.61 Å². The van der Waals surface area contributed by atoms with Crippen LogP contribution in [0.5, 0.6) is 5.75 Å². The molecule has 1 N–H and O–H groups in total.